The molecule has 102 valence electrons. The molecule has 0 radical (unpaired) electrons. The topological polar surface area (TPSA) is 102 Å². The van der Waals surface area contributed by atoms with E-state index >= 15 is 0 Å². The van der Waals surface area contributed by atoms with E-state index in [0.717, 1.165) is 13.5 Å². The Hall–Kier alpha value is -1.63. The van der Waals surface area contributed by atoms with E-state index in [4.69, 9.17) is 9.84 Å². The minimum absolute atomic E-state index is 0.409. The molecule has 2 N–H and O–H groups in total. The molecule has 0 bridgehead atoms. The number of nitrogens with one attached hydrogen (secondary N) is 1. The Bertz CT molecular complexity index is 347. The average Bonchev–Trinajstić information content (AvgIpc) is 2.76. The molecule has 0 aromatic rings. The van der Waals surface area contributed by atoms with Gasteiger partial charge in [0.2, 0.25) is 0 Å². The average molecular weight is 259 g/mol. The van der Waals surface area contributed by atoms with Crippen molar-refractivity contribution >= 4 is 17.8 Å². The third kappa shape index (κ3) is 3.43. The van der Waals surface area contributed by atoms with Crippen molar-refractivity contribution in [1.82, 2.24) is 5.32 Å². The zero-order valence-electron chi connectivity index (χ0n) is 10.4. The lowest BCUT2D eigenvalue weighted by Gasteiger charge is -2.24. The van der Waals surface area contributed by atoms with Gasteiger partial charge in [-0.05, 0) is 19.8 Å². The van der Waals surface area contributed by atoms with Gasteiger partial charge in [-0.2, -0.15) is 0 Å². The van der Waals surface area contributed by atoms with Crippen molar-refractivity contribution in [3.63, 3.8) is 0 Å². The van der Waals surface area contributed by atoms with Crippen molar-refractivity contribution in [3.8, 4) is 0 Å². The van der Waals surface area contributed by atoms with Crippen molar-refractivity contribution in [1.29, 1.82) is 0 Å². The van der Waals surface area contributed by atoms with Gasteiger partial charge in [0.25, 0.3) is 5.91 Å². The number of carboxylic acid groups (broad SMARTS) is 1. The Labute approximate surface area is 104 Å². The largest absolute Gasteiger partial charge is 0.480 e. The first kappa shape index (κ1) is 14.4. The number of amides is 1. The second kappa shape index (κ2) is 5.81. The molecule has 18 heavy (non-hydrogen) atoms. The molecule has 0 spiro atoms. The van der Waals surface area contributed by atoms with Gasteiger partial charge in [0.05, 0.1) is 13.5 Å². The highest BCUT2D eigenvalue weighted by atomic mass is 16.5. The van der Waals surface area contributed by atoms with E-state index in [2.05, 4.69) is 10.1 Å². The molecule has 1 unspecified atom stereocenters. The molecule has 1 aliphatic heterocycles. The van der Waals surface area contributed by atoms with Crippen LogP contribution in [0.5, 0.6) is 0 Å². The summed E-state index contributed by atoms with van der Waals surface area (Å²) >= 11 is 0. The van der Waals surface area contributed by atoms with Gasteiger partial charge in [0.15, 0.2) is 0 Å². The Balaban J connectivity index is 2.63. The zero-order valence-corrected chi connectivity index (χ0v) is 10.4. The number of methoxy groups -OCH3 is 1. The van der Waals surface area contributed by atoms with Crippen LogP contribution in [0.1, 0.15) is 26.2 Å². The maximum atomic E-state index is 11.9. The molecule has 1 fully saturated rings. The van der Waals surface area contributed by atoms with Gasteiger partial charge >= 0.3 is 11.9 Å². The van der Waals surface area contributed by atoms with Gasteiger partial charge < -0.3 is 19.9 Å². The fourth-order valence-electron chi connectivity index (χ4n) is 1.72. The number of aliphatic carboxylic acids is 1. The normalized spacial score (nSPS) is 24.3. The van der Waals surface area contributed by atoms with Crippen molar-refractivity contribution < 1.29 is 29.0 Å². The maximum absolute atomic E-state index is 11.9. The fraction of sp³-hybridized carbons (Fsp3) is 0.727. The third-order valence-electron chi connectivity index (χ3n) is 2.90. The van der Waals surface area contributed by atoms with Crippen molar-refractivity contribution in [2.75, 3.05) is 13.7 Å². The number of carbonyl (C=O) groups is 3. The molecular formula is C11H17NO6. The van der Waals surface area contributed by atoms with Crippen LogP contribution in [-0.4, -0.2) is 48.3 Å². The summed E-state index contributed by atoms with van der Waals surface area (Å²) in [5.41, 5.74) is -1.01. The number of esters is 1. The van der Waals surface area contributed by atoms with Gasteiger partial charge in [-0.25, -0.2) is 4.79 Å². The Morgan fingerprint density at radius 1 is 1.50 bits per heavy atom. The highest BCUT2D eigenvalue weighted by Crippen LogP contribution is 2.25. The van der Waals surface area contributed by atoms with Crippen molar-refractivity contribution in [2.24, 2.45) is 0 Å². The van der Waals surface area contributed by atoms with E-state index in [9.17, 15) is 14.4 Å². The van der Waals surface area contributed by atoms with Gasteiger partial charge in [-0.1, -0.05) is 0 Å². The Morgan fingerprint density at radius 2 is 2.17 bits per heavy atom. The van der Waals surface area contributed by atoms with Crippen LogP contribution >= 0.6 is 0 Å². The van der Waals surface area contributed by atoms with Crippen molar-refractivity contribution in [3.05, 3.63) is 0 Å². The predicted octanol–water partition coefficient (Wildman–Crippen LogP) is -0.312. The maximum Gasteiger partial charge on any atom is 0.326 e. The molecule has 1 aliphatic rings. The van der Waals surface area contributed by atoms with Crippen LogP contribution in [0.25, 0.3) is 0 Å². The molecule has 0 aromatic carbocycles. The van der Waals surface area contributed by atoms with Crippen LogP contribution in [0.15, 0.2) is 0 Å². The number of ether oxygens (including phenoxy) is 2. The Kier molecular flexibility index (Phi) is 4.66. The van der Waals surface area contributed by atoms with Crippen LogP contribution in [0, 0.1) is 0 Å². The SMILES string of the molecule is COC(=O)C[C@H](NC(=O)C1(C)CCCO1)C(=O)O. The predicted molar refractivity (Wildman–Crippen MR) is 59.8 cm³/mol. The third-order valence-corrected chi connectivity index (χ3v) is 2.90. The lowest BCUT2D eigenvalue weighted by atomic mass is 10.0. The number of carbonyl (C=O) groups excluding carboxylic acids is 2. The summed E-state index contributed by atoms with van der Waals surface area (Å²) in [6.45, 7) is 2.07. The van der Waals surface area contributed by atoms with Crippen LogP contribution in [0.4, 0.5) is 0 Å². The zero-order chi connectivity index (χ0) is 13.8. The van der Waals surface area contributed by atoms with E-state index in [1.807, 2.05) is 0 Å². The standard InChI is InChI=1S/C11H17NO6/c1-11(4-3-5-18-11)10(16)12-7(9(14)15)6-8(13)17-2/h7H,3-6H2,1-2H3,(H,12,16)(H,14,15)/t7-,11?/m0/s1. The van der Waals surface area contributed by atoms with E-state index < -0.39 is 35.9 Å². The summed E-state index contributed by atoms with van der Waals surface area (Å²) in [6.07, 6.45) is 0.871. The number of hydrogen-bond donors (Lipinski definition) is 2. The molecule has 1 saturated heterocycles. The van der Waals surface area contributed by atoms with Crippen LogP contribution < -0.4 is 5.32 Å². The molecule has 1 rings (SSSR count). The molecule has 1 heterocycles. The van der Waals surface area contributed by atoms with Gasteiger partial charge in [0, 0.05) is 6.61 Å². The van der Waals surface area contributed by atoms with E-state index in [1.54, 1.807) is 6.92 Å². The Morgan fingerprint density at radius 3 is 2.61 bits per heavy atom. The van der Waals surface area contributed by atoms with Gasteiger partial charge in [0.1, 0.15) is 11.6 Å². The van der Waals surface area contributed by atoms with Gasteiger partial charge in [-0.15, -0.1) is 0 Å². The second-order valence-electron chi connectivity index (χ2n) is 4.33. The summed E-state index contributed by atoms with van der Waals surface area (Å²) in [5, 5.41) is 11.2. The highest BCUT2D eigenvalue weighted by molar-refractivity contribution is 5.91. The lowest BCUT2D eigenvalue weighted by molar-refractivity contribution is -0.151. The first-order valence-electron chi connectivity index (χ1n) is 5.63. The highest BCUT2D eigenvalue weighted by Gasteiger charge is 2.39. The minimum atomic E-state index is -1.30. The van der Waals surface area contributed by atoms with Crippen molar-refractivity contribution in [2.45, 2.75) is 37.8 Å². The monoisotopic (exact) mass is 259 g/mol. The molecule has 7 heteroatoms. The molecule has 0 aliphatic carbocycles. The van der Waals surface area contributed by atoms with E-state index in [1.165, 1.54) is 0 Å². The smallest absolute Gasteiger partial charge is 0.326 e. The molecule has 2 atom stereocenters. The first-order chi connectivity index (χ1) is 8.39. The summed E-state index contributed by atoms with van der Waals surface area (Å²) < 4.78 is 9.67. The molecular weight excluding hydrogens is 242 g/mol. The molecule has 7 nitrogen and oxygen atoms in total. The molecule has 1 amide bonds. The number of carboxylic acids is 1. The van der Waals surface area contributed by atoms with Crippen LogP contribution in [-0.2, 0) is 23.9 Å². The number of rotatable bonds is 5. The lowest BCUT2D eigenvalue weighted by Crippen LogP contribution is -2.51. The van der Waals surface area contributed by atoms with E-state index in [0.29, 0.717) is 13.0 Å². The van der Waals surface area contributed by atoms with E-state index in [-0.39, 0.29) is 0 Å². The minimum Gasteiger partial charge on any atom is -0.480 e. The molecule has 0 aromatic heterocycles. The summed E-state index contributed by atoms with van der Waals surface area (Å²) in [4.78, 5) is 33.9. The second-order valence-corrected chi connectivity index (χ2v) is 4.33. The van der Waals surface area contributed by atoms with Crippen LogP contribution in [0.2, 0.25) is 0 Å². The summed E-state index contributed by atoms with van der Waals surface area (Å²) in [7, 11) is 1.16. The summed E-state index contributed by atoms with van der Waals surface area (Å²) in [6, 6.07) is -1.30. The fourth-order valence-corrected chi connectivity index (χ4v) is 1.72. The molecule has 0 saturated carbocycles. The summed E-state index contributed by atoms with van der Waals surface area (Å²) in [5.74, 6) is -2.49. The van der Waals surface area contributed by atoms with Crippen LogP contribution in [0.3, 0.4) is 0 Å². The first-order valence-corrected chi connectivity index (χ1v) is 5.63. The quantitative estimate of drug-likeness (QED) is 0.656. The van der Waals surface area contributed by atoms with Gasteiger partial charge in [-0.3, -0.25) is 9.59 Å². The number of hydrogen-bond acceptors (Lipinski definition) is 5.